The van der Waals surface area contributed by atoms with E-state index in [0.717, 1.165) is 12.1 Å². The maximum absolute atomic E-state index is 9.67. The molecule has 2 saturated carbocycles. The zero-order valence-electron chi connectivity index (χ0n) is 10.4. The van der Waals surface area contributed by atoms with Crippen molar-refractivity contribution in [3.05, 3.63) is 0 Å². The van der Waals surface area contributed by atoms with Crippen molar-refractivity contribution >= 4 is 0 Å². The molecule has 0 saturated heterocycles. The minimum absolute atomic E-state index is 0.872. The van der Waals surface area contributed by atoms with E-state index >= 15 is 0 Å². The van der Waals surface area contributed by atoms with Crippen LogP contribution in [-0.4, -0.2) is 18.8 Å². The van der Waals surface area contributed by atoms with Crippen molar-refractivity contribution < 1.29 is 13.2 Å². The van der Waals surface area contributed by atoms with Gasteiger partial charge in [0.1, 0.15) is 0 Å². The van der Waals surface area contributed by atoms with Gasteiger partial charge in [0.15, 0.2) is 0 Å². The molecular weight excluding hydrogens is 227 g/mol. The van der Waals surface area contributed by atoms with Crippen molar-refractivity contribution in [2.75, 3.05) is 0 Å². The molecule has 0 unspecified atom stereocenters. The summed E-state index contributed by atoms with van der Waals surface area (Å²) >= 11 is 0. The van der Waals surface area contributed by atoms with Crippen molar-refractivity contribution in [1.29, 1.82) is 0 Å². The lowest BCUT2D eigenvalue weighted by Gasteiger charge is -2.30. The van der Waals surface area contributed by atoms with Gasteiger partial charge in [-0.1, -0.05) is 38.5 Å². The van der Waals surface area contributed by atoms with E-state index in [4.69, 9.17) is 0 Å². The Balaban J connectivity index is 0.000000317. The smallest absolute Gasteiger partial charge is 0.311 e. The Morgan fingerprint density at radius 3 is 1.24 bits per heavy atom. The SMILES string of the molecule is C1CCC(NC2CCCCC2)CC1.FC(F)F. The van der Waals surface area contributed by atoms with E-state index in [1.54, 1.807) is 0 Å². The van der Waals surface area contributed by atoms with Gasteiger partial charge in [0.2, 0.25) is 0 Å². The van der Waals surface area contributed by atoms with Gasteiger partial charge in [-0.2, -0.15) is 13.2 Å². The van der Waals surface area contributed by atoms with Crippen LogP contribution in [0.25, 0.3) is 0 Å². The van der Waals surface area contributed by atoms with Crippen LogP contribution in [0.2, 0.25) is 0 Å². The molecular formula is C13H24F3N. The summed E-state index contributed by atoms with van der Waals surface area (Å²) in [5.41, 5.74) is 0. The van der Waals surface area contributed by atoms with Crippen LogP contribution in [0.5, 0.6) is 0 Å². The molecule has 4 heteroatoms. The highest BCUT2D eigenvalue weighted by atomic mass is 19.4. The van der Waals surface area contributed by atoms with Crippen LogP contribution in [-0.2, 0) is 0 Å². The lowest BCUT2D eigenvalue weighted by atomic mass is 9.91. The minimum atomic E-state index is -3.67. The van der Waals surface area contributed by atoms with E-state index < -0.39 is 6.68 Å². The zero-order chi connectivity index (χ0) is 12.5. The van der Waals surface area contributed by atoms with E-state index in [1.807, 2.05) is 0 Å². The van der Waals surface area contributed by atoms with Crippen LogP contribution >= 0.6 is 0 Å². The summed E-state index contributed by atoms with van der Waals surface area (Å²) in [7, 11) is 0. The van der Waals surface area contributed by atoms with Gasteiger partial charge in [0.05, 0.1) is 0 Å². The van der Waals surface area contributed by atoms with E-state index in [1.165, 1.54) is 64.2 Å². The van der Waals surface area contributed by atoms with Gasteiger partial charge >= 0.3 is 6.68 Å². The number of halogens is 3. The Hall–Kier alpha value is -0.250. The molecule has 2 rings (SSSR count). The minimum Gasteiger partial charge on any atom is -0.311 e. The molecule has 102 valence electrons. The highest BCUT2D eigenvalue weighted by Crippen LogP contribution is 2.22. The summed E-state index contributed by atoms with van der Waals surface area (Å²) in [6.07, 6.45) is 14.6. The Kier molecular flexibility index (Phi) is 7.65. The first-order chi connectivity index (χ1) is 8.18. The molecule has 1 nitrogen and oxygen atoms in total. The largest absolute Gasteiger partial charge is 0.379 e. The summed E-state index contributed by atoms with van der Waals surface area (Å²) in [6.45, 7) is -3.67. The van der Waals surface area contributed by atoms with Crippen molar-refractivity contribution in [3.8, 4) is 0 Å². The van der Waals surface area contributed by atoms with Gasteiger partial charge in [-0.25, -0.2) is 0 Å². The van der Waals surface area contributed by atoms with Gasteiger partial charge in [0.25, 0.3) is 0 Å². The number of hydrogen-bond donors (Lipinski definition) is 1. The quantitative estimate of drug-likeness (QED) is 0.766. The zero-order valence-corrected chi connectivity index (χ0v) is 10.4. The molecule has 0 heterocycles. The first-order valence-electron chi connectivity index (χ1n) is 6.86. The van der Waals surface area contributed by atoms with Crippen LogP contribution in [0.1, 0.15) is 64.2 Å². The Morgan fingerprint density at radius 2 is 0.941 bits per heavy atom. The molecule has 0 amide bonds. The lowest BCUT2D eigenvalue weighted by molar-refractivity contribution is 0.00819. The monoisotopic (exact) mass is 251 g/mol. The molecule has 2 aliphatic rings. The van der Waals surface area contributed by atoms with E-state index in [0.29, 0.717) is 0 Å². The summed E-state index contributed by atoms with van der Waals surface area (Å²) < 4.78 is 29.0. The fourth-order valence-electron chi connectivity index (χ4n) is 2.87. The number of rotatable bonds is 2. The highest BCUT2D eigenvalue weighted by molar-refractivity contribution is 4.79. The maximum atomic E-state index is 9.67. The Labute approximate surface area is 102 Å². The fourth-order valence-corrected chi connectivity index (χ4v) is 2.87. The van der Waals surface area contributed by atoms with Crippen LogP contribution in [0.15, 0.2) is 0 Å². The van der Waals surface area contributed by atoms with E-state index in [9.17, 15) is 13.2 Å². The third-order valence-corrected chi connectivity index (χ3v) is 3.68. The molecule has 0 bridgehead atoms. The van der Waals surface area contributed by atoms with Gasteiger partial charge in [-0.3, -0.25) is 0 Å². The van der Waals surface area contributed by atoms with Crippen LogP contribution in [0, 0.1) is 0 Å². The molecule has 0 aromatic heterocycles. The second-order valence-electron chi connectivity index (χ2n) is 5.08. The normalized spacial score (nSPS) is 23.3. The average molecular weight is 251 g/mol. The highest BCUT2D eigenvalue weighted by Gasteiger charge is 2.19. The summed E-state index contributed by atoms with van der Waals surface area (Å²) in [5.74, 6) is 0. The maximum Gasteiger partial charge on any atom is 0.379 e. The lowest BCUT2D eigenvalue weighted by Crippen LogP contribution is -2.40. The van der Waals surface area contributed by atoms with E-state index in [-0.39, 0.29) is 0 Å². The van der Waals surface area contributed by atoms with Crippen LogP contribution in [0.4, 0.5) is 13.2 Å². The van der Waals surface area contributed by atoms with Crippen molar-refractivity contribution in [3.63, 3.8) is 0 Å². The second kappa shape index (κ2) is 8.78. The summed E-state index contributed by atoms with van der Waals surface area (Å²) in [5, 5.41) is 3.86. The Bertz CT molecular complexity index is 157. The van der Waals surface area contributed by atoms with E-state index in [2.05, 4.69) is 5.32 Å². The number of hydrogen-bond acceptors (Lipinski definition) is 1. The van der Waals surface area contributed by atoms with Crippen LogP contribution < -0.4 is 5.32 Å². The van der Waals surface area contributed by atoms with Crippen molar-refractivity contribution in [1.82, 2.24) is 5.32 Å². The predicted octanol–water partition coefficient (Wildman–Crippen LogP) is 4.42. The molecule has 0 aliphatic heterocycles. The molecule has 0 spiro atoms. The van der Waals surface area contributed by atoms with Gasteiger partial charge in [-0.15, -0.1) is 0 Å². The second-order valence-corrected chi connectivity index (χ2v) is 5.08. The molecule has 2 aliphatic carbocycles. The third-order valence-electron chi connectivity index (χ3n) is 3.68. The first kappa shape index (κ1) is 14.8. The van der Waals surface area contributed by atoms with Gasteiger partial charge < -0.3 is 5.32 Å². The van der Waals surface area contributed by atoms with Gasteiger partial charge in [0, 0.05) is 12.1 Å². The molecule has 17 heavy (non-hydrogen) atoms. The topological polar surface area (TPSA) is 12.0 Å². The molecule has 0 atom stereocenters. The number of nitrogens with one attached hydrogen (secondary N) is 1. The number of alkyl halides is 3. The first-order valence-corrected chi connectivity index (χ1v) is 6.86. The summed E-state index contributed by atoms with van der Waals surface area (Å²) in [6, 6.07) is 1.74. The molecule has 1 N–H and O–H groups in total. The molecule has 0 aromatic rings. The summed E-state index contributed by atoms with van der Waals surface area (Å²) in [4.78, 5) is 0. The predicted molar refractivity (Wildman–Crippen MR) is 64.0 cm³/mol. The average Bonchev–Trinajstić information content (AvgIpc) is 2.31. The fraction of sp³-hybridized carbons (Fsp3) is 1.00. The van der Waals surface area contributed by atoms with Crippen molar-refractivity contribution in [2.45, 2.75) is 83.0 Å². The Morgan fingerprint density at radius 1 is 0.647 bits per heavy atom. The van der Waals surface area contributed by atoms with Gasteiger partial charge in [-0.05, 0) is 25.7 Å². The molecule has 0 aromatic carbocycles. The third kappa shape index (κ3) is 7.63. The van der Waals surface area contributed by atoms with Crippen LogP contribution in [0.3, 0.4) is 0 Å². The molecule has 2 fully saturated rings. The standard InChI is InChI=1S/C12H23N.CHF3/c1-3-7-11(8-4-1)13-12-9-5-2-6-10-12;2-1(3)4/h11-13H,1-10H2;1H. The molecule has 0 radical (unpaired) electrons. The van der Waals surface area contributed by atoms with Crippen molar-refractivity contribution in [2.24, 2.45) is 0 Å².